The summed E-state index contributed by atoms with van der Waals surface area (Å²) in [5.74, 6) is 0.370. The number of aromatic nitrogens is 2. The molecule has 0 radical (unpaired) electrons. The molecule has 7 heteroatoms. The summed E-state index contributed by atoms with van der Waals surface area (Å²) in [4.78, 5) is 17.6. The maximum atomic E-state index is 12.9. The van der Waals surface area contributed by atoms with Gasteiger partial charge in [0.25, 0.3) is 5.69 Å². The molecule has 3 aromatic rings. The normalized spacial score (nSPS) is 10.7. The lowest BCUT2D eigenvalue weighted by Crippen LogP contribution is -1.88. The van der Waals surface area contributed by atoms with Crippen molar-refractivity contribution in [3.8, 4) is 11.3 Å². The van der Waals surface area contributed by atoms with Gasteiger partial charge in [-0.15, -0.1) is 0 Å². The van der Waals surface area contributed by atoms with Crippen molar-refractivity contribution in [2.75, 3.05) is 0 Å². The van der Waals surface area contributed by atoms with E-state index in [0.717, 1.165) is 22.0 Å². The first kappa shape index (κ1) is 15.2. The highest BCUT2D eigenvalue weighted by Crippen LogP contribution is 2.25. The van der Waals surface area contributed by atoms with Crippen LogP contribution in [0.15, 0.2) is 59.9 Å². The number of nitrogens with one attached hydrogen (secondary N) is 1. The van der Waals surface area contributed by atoms with Crippen molar-refractivity contribution in [3.05, 3.63) is 76.2 Å². The second-order valence-corrected chi connectivity index (χ2v) is 5.79. The number of rotatable bonds is 5. The molecule has 0 aliphatic carbocycles. The predicted octanol–water partition coefficient (Wildman–Crippen LogP) is 4.42. The van der Waals surface area contributed by atoms with E-state index in [4.69, 9.17) is 0 Å². The average Bonchev–Trinajstić information content (AvgIpc) is 3.03. The van der Waals surface area contributed by atoms with Crippen LogP contribution in [-0.4, -0.2) is 14.9 Å². The summed E-state index contributed by atoms with van der Waals surface area (Å²) in [6.45, 7) is 0. The van der Waals surface area contributed by atoms with E-state index in [-0.39, 0.29) is 11.5 Å². The minimum absolute atomic E-state index is 0.0790. The molecule has 0 saturated carbocycles. The predicted molar refractivity (Wildman–Crippen MR) is 86.6 cm³/mol. The third-order valence-electron chi connectivity index (χ3n) is 3.23. The number of nitro benzene ring substituents is 1. The molecule has 1 N–H and O–H groups in total. The molecule has 116 valence electrons. The molecule has 0 aliphatic rings. The highest BCUT2D eigenvalue weighted by molar-refractivity contribution is 7.98. The van der Waals surface area contributed by atoms with Crippen molar-refractivity contribution in [2.24, 2.45) is 0 Å². The van der Waals surface area contributed by atoms with Gasteiger partial charge in [-0.25, -0.2) is 9.37 Å². The quantitative estimate of drug-likeness (QED) is 0.427. The van der Waals surface area contributed by atoms with Crippen LogP contribution in [-0.2, 0) is 5.75 Å². The molecule has 23 heavy (non-hydrogen) atoms. The Morgan fingerprint density at radius 3 is 2.48 bits per heavy atom. The van der Waals surface area contributed by atoms with Gasteiger partial charge in [0.1, 0.15) is 5.82 Å². The molecular weight excluding hydrogens is 317 g/mol. The summed E-state index contributed by atoms with van der Waals surface area (Å²) in [5, 5.41) is 11.4. The van der Waals surface area contributed by atoms with E-state index in [1.807, 2.05) is 0 Å². The van der Waals surface area contributed by atoms with Crippen molar-refractivity contribution in [2.45, 2.75) is 10.9 Å². The van der Waals surface area contributed by atoms with Gasteiger partial charge in [-0.2, -0.15) is 0 Å². The fourth-order valence-corrected chi connectivity index (χ4v) is 2.82. The monoisotopic (exact) mass is 329 g/mol. The van der Waals surface area contributed by atoms with E-state index >= 15 is 0 Å². The molecule has 5 nitrogen and oxygen atoms in total. The van der Waals surface area contributed by atoms with Crippen LogP contribution >= 0.6 is 11.8 Å². The lowest BCUT2D eigenvalue weighted by Gasteiger charge is -2.00. The Bertz CT molecular complexity index is 816. The number of aromatic amines is 1. The zero-order valence-corrected chi connectivity index (χ0v) is 12.7. The Labute approximate surface area is 135 Å². The van der Waals surface area contributed by atoms with Crippen LogP contribution in [0.1, 0.15) is 5.56 Å². The maximum Gasteiger partial charge on any atom is 0.269 e. The summed E-state index contributed by atoms with van der Waals surface area (Å²) in [6.07, 6.45) is 1.70. The zero-order valence-electron chi connectivity index (χ0n) is 11.9. The summed E-state index contributed by atoms with van der Waals surface area (Å²) in [5.41, 5.74) is 2.73. The number of non-ortho nitro benzene ring substituents is 1. The van der Waals surface area contributed by atoms with Crippen LogP contribution in [0.5, 0.6) is 0 Å². The van der Waals surface area contributed by atoms with Crippen LogP contribution < -0.4 is 0 Å². The number of H-pyrrole nitrogens is 1. The number of nitrogens with zero attached hydrogens (tertiary/aromatic N) is 2. The number of hydrogen-bond donors (Lipinski definition) is 1. The van der Waals surface area contributed by atoms with Gasteiger partial charge in [0.2, 0.25) is 0 Å². The molecule has 3 rings (SSSR count). The minimum atomic E-state index is -0.418. The van der Waals surface area contributed by atoms with Crippen LogP contribution in [0.25, 0.3) is 11.3 Å². The topological polar surface area (TPSA) is 71.8 Å². The Kier molecular flexibility index (Phi) is 4.38. The van der Waals surface area contributed by atoms with Gasteiger partial charge in [-0.05, 0) is 35.4 Å². The molecule has 1 heterocycles. The summed E-state index contributed by atoms with van der Waals surface area (Å²) < 4.78 is 12.9. The third-order valence-corrected chi connectivity index (χ3v) is 4.19. The van der Waals surface area contributed by atoms with Crippen LogP contribution in [0.2, 0.25) is 0 Å². The highest BCUT2D eigenvalue weighted by atomic mass is 32.2. The first-order valence-corrected chi connectivity index (χ1v) is 7.77. The maximum absolute atomic E-state index is 12.9. The van der Waals surface area contributed by atoms with E-state index in [0.29, 0.717) is 5.75 Å². The lowest BCUT2D eigenvalue weighted by molar-refractivity contribution is -0.384. The van der Waals surface area contributed by atoms with E-state index in [2.05, 4.69) is 9.97 Å². The van der Waals surface area contributed by atoms with Gasteiger partial charge in [-0.3, -0.25) is 10.1 Å². The van der Waals surface area contributed by atoms with Gasteiger partial charge < -0.3 is 4.98 Å². The lowest BCUT2D eigenvalue weighted by atomic mass is 10.2. The number of imidazole rings is 1. The Balaban J connectivity index is 1.65. The van der Waals surface area contributed by atoms with Crippen LogP contribution in [0.3, 0.4) is 0 Å². The molecule has 0 aliphatic heterocycles. The van der Waals surface area contributed by atoms with Gasteiger partial charge in [0, 0.05) is 17.9 Å². The molecular formula is C16H12FN3O2S. The van der Waals surface area contributed by atoms with Crippen molar-refractivity contribution in [1.29, 1.82) is 0 Å². The van der Waals surface area contributed by atoms with Crippen molar-refractivity contribution in [1.82, 2.24) is 9.97 Å². The Morgan fingerprint density at radius 2 is 1.83 bits per heavy atom. The summed E-state index contributed by atoms with van der Waals surface area (Å²) >= 11 is 1.50. The van der Waals surface area contributed by atoms with E-state index in [1.165, 1.54) is 36.0 Å². The number of benzene rings is 2. The smallest absolute Gasteiger partial charge is 0.269 e. The minimum Gasteiger partial charge on any atom is -0.333 e. The number of nitro groups is 1. The largest absolute Gasteiger partial charge is 0.333 e. The Hall–Kier alpha value is -2.67. The molecule has 0 atom stereocenters. The first-order chi connectivity index (χ1) is 11.1. The van der Waals surface area contributed by atoms with Crippen LogP contribution in [0.4, 0.5) is 10.1 Å². The molecule has 0 saturated heterocycles. The molecule has 0 fully saturated rings. The van der Waals surface area contributed by atoms with Crippen LogP contribution in [0, 0.1) is 15.9 Å². The van der Waals surface area contributed by atoms with E-state index < -0.39 is 4.92 Å². The van der Waals surface area contributed by atoms with E-state index in [1.54, 1.807) is 30.5 Å². The van der Waals surface area contributed by atoms with E-state index in [9.17, 15) is 14.5 Å². The SMILES string of the molecule is O=[N+]([O-])c1ccc(CSc2ncc(-c3ccc(F)cc3)[nH]2)cc1. The van der Waals surface area contributed by atoms with Crippen molar-refractivity contribution >= 4 is 17.4 Å². The van der Waals surface area contributed by atoms with Crippen molar-refractivity contribution < 1.29 is 9.31 Å². The zero-order chi connectivity index (χ0) is 16.2. The number of hydrogen-bond acceptors (Lipinski definition) is 4. The number of halogens is 1. The van der Waals surface area contributed by atoms with Gasteiger partial charge in [0.05, 0.1) is 16.8 Å². The van der Waals surface area contributed by atoms with Gasteiger partial charge in [0.15, 0.2) is 5.16 Å². The standard InChI is InChI=1S/C16H12FN3O2S/c17-13-5-3-12(4-6-13)15-9-18-16(19-15)23-10-11-1-7-14(8-2-11)20(21)22/h1-9H,10H2,(H,18,19). The third kappa shape index (κ3) is 3.75. The molecule has 1 aromatic heterocycles. The second kappa shape index (κ2) is 6.62. The molecule has 0 unspecified atom stereocenters. The summed E-state index contributed by atoms with van der Waals surface area (Å²) in [7, 11) is 0. The Morgan fingerprint density at radius 1 is 1.13 bits per heavy atom. The molecule has 0 bridgehead atoms. The fourth-order valence-electron chi connectivity index (χ4n) is 2.02. The highest BCUT2D eigenvalue weighted by Gasteiger charge is 2.07. The van der Waals surface area contributed by atoms with Crippen molar-refractivity contribution in [3.63, 3.8) is 0 Å². The summed E-state index contributed by atoms with van der Waals surface area (Å²) in [6, 6.07) is 12.6. The molecule has 2 aromatic carbocycles. The second-order valence-electron chi connectivity index (χ2n) is 4.82. The first-order valence-electron chi connectivity index (χ1n) is 6.79. The van der Waals surface area contributed by atoms with Gasteiger partial charge in [-0.1, -0.05) is 23.9 Å². The molecule has 0 spiro atoms. The molecule has 0 amide bonds. The number of thioether (sulfide) groups is 1. The fraction of sp³-hybridized carbons (Fsp3) is 0.0625. The van der Waals surface area contributed by atoms with Gasteiger partial charge >= 0.3 is 0 Å². The average molecular weight is 329 g/mol.